The molecule has 0 saturated carbocycles. The molecule has 1 aliphatic rings. The Morgan fingerprint density at radius 2 is 2.13 bits per heavy atom. The molecule has 0 amide bonds. The first kappa shape index (κ1) is 16.4. The standard InChI is InChI=1S/C14H11ClFNO4S2/c15-13-10(14(18)19)5-9(6-11(13)16)23(20,21)17-3-1-12-8(7-17)2-4-22-12/h2,4-6H,1,3,7H2,(H,18,19). The van der Waals surface area contributed by atoms with Gasteiger partial charge in [0.1, 0.15) is 5.82 Å². The molecular formula is C14H11ClFNO4S2. The molecule has 0 atom stereocenters. The monoisotopic (exact) mass is 375 g/mol. The van der Waals surface area contributed by atoms with Crippen molar-refractivity contribution in [2.45, 2.75) is 17.9 Å². The first-order chi connectivity index (χ1) is 10.8. The van der Waals surface area contributed by atoms with E-state index in [0.29, 0.717) is 6.42 Å². The van der Waals surface area contributed by atoms with Gasteiger partial charge >= 0.3 is 5.97 Å². The maximum atomic E-state index is 13.8. The summed E-state index contributed by atoms with van der Waals surface area (Å²) in [7, 11) is -4.00. The van der Waals surface area contributed by atoms with Crippen LogP contribution in [-0.4, -0.2) is 30.3 Å². The van der Waals surface area contributed by atoms with E-state index in [-0.39, 0.29) is 13.1 Å². The highest BCUT2D eigenvalue weighted by Crippen LogP contribution is 2.30. The predicted octanol–water partition coefficient (Wildman–Crippen LogP) is 2.99. The van der Waals surface area contributed by atoms with Crippen LogP contribution in [-0.2, 0) is 23.0 Å². The van der Waals surface area contributed by atoms with Crippen LogP contribution in [0.5, 0.6) is 0 Å². The smallest absolute Gasteiger partial charge is 0.337 e. The molecule has 0 fully saturated rings. The molecular weight excluding hydrogens is 365 g/mol. The van der Waals surface area contributed by atoms with E-state index in [0.717, 1.165) is 22.6 Å². The molecule has 2 heterocycles. The molecule has 0 unspecified atom stereocenters. The third kappa shape index (κ3) is 2.87. The summed E-state index contributed by atoms with van der Waals surface area (Å²) in [5.41, 5.74) is 0.344. The van der Waals surface area contributed by atoms with Crippen molar-refractivity contribution in [1.29, 1.82) is 0 Å². The lowest BCUT2D eigenvalue weighted by atomic mass is 10.1. The zero-order valence-corrected chi connectivity index (χ0v) is 14.0. The predicted molar refractivity (Wildman–Crippen MR) is 84.0 cm³/mol. The molecule has 1 aromatic carbocycles. The van der Waals surface area contributed by atoms with Crippen molar-refractivity contribution in [2.24, 2.45) is 0 Å². The lowest BCUT2D eigenvalue weighted by molar-refractivity contribution is 0.0696. The quantitative estimate of drug-likeness (QED) is 0.894. The molecule has 0 spiro atoms. The fourth-order valence-electron chi connectivity index (χ4n) is 2.45. The molecule has 0 aliphatic carbocycles. The van der Waals surface area contributed by atoms with Gasteiger partial charge in [0.05, 0.1) is 15.5 Å². The van der Waals surface area contributed by atoms with Crippen molar-refractivity contribution in [1.82, 2.24) is 4.31 Å². The van der Waals surface area contributed by atoms with Crippen LogP contribution in [0.3, 0.4) is 0 Å². The highest BCUT2D eigenvalue weighted by Gasteiger charge is 2.30. The van der Waals surface area contributed by atoms with Gasteiger partial charge in [-0.1, -0.05) is 11.6 Å². The lowest BCUT2D eigenvalue weighted by Crippen LogP contribution is -2.35. The Balaban J connectivity index is 2.02. The molecule has 1 aliphatic heterocycles. The van der Waals surface area contributed by atoms with Crippen LogP contribution in [0, 0.1) is 5.82 Å². The second-order valence-corrected chi connectivity index (χ2v) is 8.35. The average Bonchev–Trinajstić information content (AvgIpc) is 2.96. The fourth-order valence-corrected chi connectivity index (χ4v) is 4.98. The van der Waals surface area contributed by atoms with E-state index in [4.69, 9.17) is 16.7 Å². The van der Waals surface area contributed by atoms with Gasteiger partial charge < -0.3 is 5.11 Å². The van der Waals surface area contributed by atoms with Gasteiger partial charge in [0.2, 0.25) is 10.0 Å². The van der Waals surface area contributed by atoms with Crippen LogP contribution >= 0.6 is 22.9 Å². The Labute approximate surface area is 141 Å². The number of halogens is 2. The van der Waals surface area contributed by atoms with Gasteiger partial charge in [-0.05, 0) is 35.6 Å². The topological polar surface area (TPSA) is 74.7 Å². The number of sulfonamides is 1. The van der Waals surface area contributed by atoms with Crippen molar-refractivity contribution in [2.75, 3.05) is 6.54 Å². The molecule has 0 saturated heterocycles. The normalized spacial score (nSPS) is 15.4. The van der Waals surface area contributed by atoms with E-state index in [2.05, 4.69) is 0 Å². The van der Waals surface area contributed by atoms with Crippen LogP contribution in [0.1, 0.15) is 20.8 Å². The number of nitrogens with zero attached hydrogens (tertiary/aromatic N) is 1. The Bertz CT molecular complexity index is 894. The van der Waals surface area contributed by atoms with E-state index < -0.39 is 37.3 Å². The summed E-state index contributed by atoms with van der Waals surface area (Å²) in [6.07, 6.45) is 0.577. The lowest BCUT2D eigenvalue weighted by Gasteiger charge is -2.26. The first-order valence-electron chi connectivity index (χ1n) is 6.58. The minimum absolute atomic E-state index is 0.188. The third-order valence-electron chi connectivity index (χ3n) is 3.64. The summed E-state index contributed by atoms with van der Waals surface area (Å²) in [6.45, 7) is 0.455. The van der Waals surface area contributed by atoms with Crippen LogP contribution in [0.25, 0.3) is 0 Å². The number of carbonyl (C=O) groups is 1. The minimum atomic E-state index is -4.00. The molecule has 1 aromatic heterocycles. The molecule has 5 nitrogen and oxygen atoms in total. The highest BCUT2D eigenvalue weighted by atomic mass is 35.5. The van der Waals surface area contributed by atoms with Crippen molar-refractivity contribution in [3.05, 3.63) is 50.4 Å². The number of benzene rings is 1. The largest absolute Gasteiger partial charge is 0.478 e. The summed E-state index contributed by atoms with van der Waals surface area (Å²) >= 11 is 7.15. The Kier molecular flexibility index (Phi) is 4.18. The molecule has 23 heavy (non-hydrogen) atoms. The highest BCUT2D eigenvalue weighted by molar-refractivity contribution is 7.89. The number of hydrogen-bond acceptors (Lipinski definition) is 4. The zero-order valence-electron chi connectivity index (χ0n) is 11.6. The summed E-state index contributed by atoms with van der Waals surface area (Å²) in [4.78, 5) is 11.8. The first-order valence-corrected chi connectivity index (χ1v) is 9.28. The molecule has 2 aromatic rings. The van der Waals surface area contributed by atoms with Crippen molar-refractivity contribution in [3.63, 3.8) is 0 Å². The van der Waals surface area contributed by atoms with Crippen LogP contribution < -0.4 is 0 Å². The van der Waals surface area contributed by atoms with Gasteiger partial charge in [-0.2, -0.15) is 4.31 Å². The SMILES string of the molecule is O=C(O)c1cc(S(=O)(=O)N2CCc3sccc3C2)cc(F)c1Cl. The van der Waals surface area contributed by atoms with E-state index in [1.54, 1.807) is 11.3 Å². The van der Waals surface area contributed by atoms with Crippen molar-refractivity contribution in [3.8, 4) is 0 Å². The summed E-state index contributed by atoms with van der Waals surface area (Å²) in [5.74, 6) is -2.55. The number of carboxylic acid groups (broad SMARTS) is 1. The van der Waals surface area contributed by atoms with Crippen LogP contribution in [0.2, 0.25) is 5.02 Å². The Morgan fingerprint density at radius 3 is 2.83 bits per heavy atom. The maximum absolute atomic E-state index is 13.8. The van der Waals surface area contributed by atoms with E-state index in [1.165, 1.54) is 4.31 Å². The number of aromatic carboxylic acids is 1. The third-order valence-corrected chi connectivity index (χ3v) is 6.87. The number of carboxylic acids is 1. The number of hydrogen-bond donors (Lipinski definition) is 1. The van der Waals surface area contributed by atoms with Gasteiger partial charge in [-0.3, -0.25) is 0 Å². The van der Waals surface area contributed by atoms with Crippen LogP contribution in [0.15, 0.2) is 28.5 Å². The second kappa shape index (κ2) is 5.86. The van der Waals surface area contributed by atoms with Gasteiger partial charge in [0.25, 0.3) is 0 Å². The van der Waals surface area contributed by atoms with Gasteiger partial charge in [0.15, 0.2) is 0 Å². The molecule has 0 bridgehead atoms. The molecule has 1 N–H and O–H groups in total. The van der Waals surface area contributed by atoms with Crippen molar-refractivity contribution >= 4 is 38.9 Å². The van der Waals surface area contributed by atoms with Gasteiger partial charge in [-0.15, -0.1) is 11.3 Å². The van der Waals surface area contributed by atoms with Crippen LogP contribution in [0.4, 0.5) is 4.39 Å². The average molecular weight is 376 g/mol. The molecule has 122 valence electrons. The minimum Gasteiger partial charge on any atom is -0.478 e. The summed E-state index contributed by atoms with van der Waals surface area (Å²) in [5, 5.41) is 10.3. The second-order valence-electron chi connectivity index (χ2n) is 5.03. The number of rotatable bonds is 3. The fraction of sp³-hybridized carbons (Fsp3) is 0.214. The molecule has 0 radical (unpaired) electrons. The number of thiophene rings is 1. The van der Waals surface area contributed by atoms with E-state index in [9.17, 15) is 17.6 Å². The number of fused-ring (bicyclic) bond motifs is 1. The van der Waals surface area contributed by atoms with Gasteiger partial charge in [-0.25, -0.2) is 17.6 Å². The summed E-state index contributed by atoms with van der Waals surface area (Å²) < 4.78 is 40.4. The zero-order chi connectivity index (χ0) is 16.8. The van der Waals surface area contributed by atoms with Crippen molar-refractivity contribution < 1.29 is 22.7 Å². The Morgan fingerprint density at radius 1 is 1.39 bits per heavy atom. The Hall–Kier alpha value is -1.48. The van der Waals surface area contributed by atoms with E-state index in [1.807, 2.05) is 11.4 Å². The van der Waals surface area contributed by atoms with E-state index >= 15 is 0 Å². The maximum Gasteiger partial charge on any atom is 0.337 e. The molecule has 3 rings (SSSR count). The molecule has 9 heteroatoms. The summed E-state index contributed by atoms with van der Waals surface area (Å²) in [6, 6.07) is 3.51. The van der Waals surface area contributed by atoms with Gasteiger partial charge in [0, 0.05) is 18.0 Å².